The summed E-state index contributed by atoms with van der Waals surface area (Å²) >= 11 is 0. The maximum atomic E-state index is 13.2. The van der Waals surface area contributed by atoms with Gasteiger partial charge in [-0.25, -0.2) is 0 Å². The number of nitrogens with one attached hydrogen (secondary N) is 2. The summed E-state index contributed by atoms with van der Waals surface area (Å²) in [4.78, 5) is 27.8. The largest absolute Gasteiger partial charge is 0.342 e. The van der Waals surface area contributed by atoms with Crippen molar-refractivity contribution in [2.24, 2.45) is 29.4 Å². The number of aromatic nitrogens is 1. The third-order valence-electron chi connectivity index (χ3n) is 6.56. The van der Waals surface area contributed by atoms with E-state index in [2.05, 4.69) is 43.2 Å². The zero-order valence-electron chi connectivity index (χ0n) is 18.1. The maximum Gasteiger partial charge on any atom is 0.247 e. The molecule has 0 aliphatic heterocycles. The van der Waals surface area contributed by atoms with Crippen LogP contribution in [-0.2, 0) is 10.3 Å². The molecule has 29 heavy (non-hydrogen) atoms. The first-order valence-electron chi connectivity index (χ1n) is 10.8. The molecule has 0 saturated heterocycles. The number of allylic oxidation sites excluding steroid dienone is 3. The molecule has 1 fully saturated rings. The second-order valence-corrected chi connectivity index (χ2v) is 9.23. The number of hydrogen-bond acceptors (Lipinski definition) is 3. The SMILES string of the molecule is C/C=C1\C2C=C(C)CC(C2)C1(NC(=O)C[C@@H](CN)CC(C)C)c1ccc(=O)[nH]c1. The van der Waals surface area contributed by atoms with Crippen LogP contribution in [0.15, 0.2) is 46.4 Å². The topological polar surface area (TPSA) is 88.0 Å². The van der Waals surface area contributed by atoms with Crippen LogP contribution in [0.25, 0.3) is 0 Å². The molecule has 2 aliphatic rings. The van der Waals surface area contributed by atoms with Crippen molar-refractivity contribution in [2.45, 2.75) is 58.9 Å². The molecule has 5 nitrogen and oxygen atoms in total. The van der Waals surface area contributed by atoms with E-state index >= 15 is 0 Å². The Kier molecular flexibility index (Phi) is 6.47. The lowest BCUT2D eigenvalue weighted by atomic mass is 9.76. The van der Waals surface area contributed by atoms with Crippen molar-refractivity contribution < 1.29 is 4.79 Å². The van der Waals surface area contributed by atoms with Gasteiger partial charge >= 0.3 is 0 Å². The highest BCUT2D eigenvalue weighted by molar-refractivity contribution is 5.78. The van der Waals surface area contributed by atoms with Gasteiger partial charge in [0.05, 0.1) is 5.54 Å². The number of hydrogen-bond donors (Lipinski definition) is 3. The molecule has 3 unspecified atom stereocenters. The zero-order chi connectivity index (χ0) is 21.2. The fourth-order valence-electron chi connectivity index (χ4n) is 5.54. The lowest BCUT2D eigenvalue weighted by molar-refractivity contribution is -0.124. The first-order chi connectivity index (χ1) is 13.8. The summed E-state index contributed by atoms with van der Waals surface area (Å²) in [7, 11) is 0. The average molecular weight is 398 g/mol. The predicted octanol–water partition coefficient (Wildman–Crippen LogP) is 3.63. The Morgan fingerprint density at radius 1 is 1.41 bits per heavy atom. The van der Waals surface area contributed by atoms with Gasteiger partial charge in [0.25, 0.3) is 0 Å². The molecule has 4 N–H and O–H groups in total. The number of fused-ring (bicyclic) bond motifs is 2. The minimum absolute atomic E-state index is 0.0388. The normalized spacial score (nSPS) is 28.5. The van der Waals surface area contributed by atoms with Crippen molar-refractivity contribution in [1.29, 1.82) is 0 Å². The van der Waals surface area contributed by atoms with Gasteiger partial charge in [-0.1, -0.05) is 31.6 Å². The first-order valence-corrected chi connectivity index (χ1v) is 10.8. The van der Waals surface area contributed by atoms with E-state index in [-0.39, 0.29) is 23.3 Å². The third-order valence-corrected chi connectivity index (χ3v) is 6.56. The summed E-state index contributed by atoms with van der Waals surface area (Å²) < 4.78 is 0. The van der Waals surface area contributed by atoms with Crippen molar-refractivity contribution in [3.63, 3.8) is 0 Å². The summed E-state index contributed by atoms with van der Waals surface area (Å²) in [5.74, 6) is 1.33. The minimum Gasteiger partial charge on any atom is -0.342 e. The lowest BCUT2D eigenvalue weighted by Crippen LogP contribution is -2.50. The molecule has 1 saturated carbocycles. The monoisotopic (exact) mass is 397 g/mol. The van der Waals surface area contributed by atoms with E-state index in [1.54, 1.807) is 12.3 Å². The molecular formula is C24H35N3O2. The van der Waals surface area contributed by atoms with E-state index in [9.17, 15) is 9.59 Å². The molecule has 5 heteroatoms. The Labute approximate surface area is 173 Å². The van der Waals surface area contributed by atoms with Crippen LogP contribution in [0.2, 0.25) is 0 Å². The second kappa shape index (κ2) is 8.70. The second-order valence-electron chi connectivity index (χ2n) is 9.23. The van der Waals surface area contributed by atoms with E-state index in [0.717, 1.165) is 24.8 Å². The van der Waals surface area contributed by atoms with Crippen LogP contribution >= 0.6 is 0 Å². The van der Waals surface area contributed by atoms with E-state index in [4.69, 9.17) is 5.73 Å². The Morgan fingerprint density at radius 2 is 2.17 bits per heavy atom. The lowest BCUT2D eigenvalue weighted by Gasteiger charge is -2.39. The number of carbonyl (C=O) groups is 1. The molecule has 1 aromatic heterocycles. The number of pyridine rings is 1. The Balaban J connectivity index is 1.98. The smallest absolute Gasteiger partial charge is 0.247 e. The van der Waals surface area contributed by atoms with Crippen LogP contribution in [0.1, 0.15) is 58.9 Å². The summed E-state index contributed by atoms with van der Waals surface area (Å²) in [6.45, 7) is 9.06. The maximum absolute atomic E-state index is 13.2. The van der Waals surface area contributed by atoms with Crippen LogP contribution in [0.4, 0.5) is 0 Å². The third kappa shape index (κ3) is 4.25. The van der Waals surface area contributed by atoms with Crippen LogP contribution < -0.4 is 16.6 Å². The van der Waals surface area contributed by atoms with Gasteiger partial charge in [0.15, 0.2) is 0 Å². The molecule has 0 aromatic carbocycles. The molecule has 2 aliphatic carbocycles. The molecular weight excluding hydrogens is 362 g/mol. The van der Waals surface area contributed by atoms with E-state index in [0.29, 0.717) is 24.8 Å². The molecule has 1 heterocycles. The van der Waals surface area contributed by atoms with Gasteiger partial charge in [-0.15, -0.1) is 0 Å². The van der Waals surface area contributed by atoms with E-state index < -0.39 is 5.54 Å². The Hall–Kier alpha value is -2.14. The highest BCUT2D eigenvalue weighted by atomic mass is 16.1. The van der Waals surface area contributed by atoms with Gasteiger partial charge in [0.1, 0.15) is 0 Å². The summed E-state index contributed by atoms with van der Waals surface area (Å²) in [5, 5.41) is 3.44. The minimum atomic E-state index is -0.577. The molecule has 1 aromatic rings. The zero-order valence-corrected chi connectivity index (χ0v) is 18.1. The quantitative estimate of drug-likeness (QED) is 0.614. The molecule has 1 amide bonds. The number of aromatic amines is 1. The number of nitrogens with two attached hydrogens (primary N) is 1. The van der Waals surface area contributed by atoms with Crippen LogP contribution in [0.5, 0.6) is 0 Å². The van der Waals surface area contributed by atoms with Crippen molar-refractivity contribution in [3.8, 4) is 0 Å². The molecule has 0 spiro atoms. The van der Waals surface area contributed by atoms with Gasteiger partial charge < -0.3 is 16.0 Å². The standard InChI is InChI=1S/C24H35N3O2/c1-5-21-18-9-16(4)10-20(12-18)24(21,19-6-7-22(28)26-14-19)27-23(29)11-17(13-25)8-15(2)3/h5-7,9,14-15,17-18,20H,8,10-13,25H2,1-4H3,(H,26,28)(H,27,29)/b21-5+/t17-,18?,20?,24?/m0/s1. The number of amides is 1. The average Bonchev–Trinajstić information content (AvgIpc) is 2.87. The highest BCUT2D eigenvalue weighted by Crippen LogP contribution is 2.56. The predicted molar refractivity (Wildman–Crippen MR) is 117 cm³/mol. The summed E-state index contributed by atoms with van der Waals surface area (Å²) in [6, 6.07) is 3.42. The van der Waals surface area contributed by atoms with Gasteiger partial charge in [-0.05, 0) is 74.6 Å². The molecule has 2 bridgehead atoms. The molecule has 158 valence electrons. The van der Waals surface area contributed by atoms with Crippen LogP contribution in [-0.4, -0.2) is 17.4 Å². The summed E-state index contributed by atoms with van der Waals surface area (Å²) in [6.07, 6.45) is 9.60. The number of carbonyl (C=O) groups excluding carboxylic acids is 1. The van der Waals surface area contributed by atoms with Gasteiger partial charge in [-0.3, -0.25) is 9.59 Å². The number of H-pyrrole nitrogens is 1. The van der Waals surface area contributed by atoms with Crippen LogP contribution in [0, 0.1) is 23.7 Å². The van der Waals surface area contributed by atoms with Crippen LogP contribution in [0.3, 0.4) is 0 Å². The van der Waals surface area contributed by atoms with Gasteiger partial charge in [0.2, 0.25) is 11.5 Å². The highest BCUT2D eigenvalue weighted by Gasteiger charge is 2.53. The Morgan fingerprint density at radius 3 is 2.76 bits per heavy atom. The van der Waals surface area contributed by atoms with Gasteiger partial charge in [-0.2, -0.15) is 0 Å². The first kappa shape index (κ1) is 21.6. The fraction of sp³-hybridized carbons (Fsp3) is 0.583. The van der Waals surface area contributed by atoms with Gasteiger partial charge in [0, 0.05) is 24.6 Å². The number of rotatable bonds is 7. The van der Waals surface area contributed by atoms with E-state index in [1.165, 1.54) is 11.1 Å². The van der Waals surface area contributed by atoms with Crippen molar-refractivity contribution in [2.75, 3.05) is 6.54 Å². The van der Waals surface area contributed by atoms with Crippen molar-refractivity contribution >= 4 is 5.91 Å². The molecule has 4 atom stereocenters. The molecule has 0 radical (unpaired) electrons. The fourth-order valence-corrected chi connectivity index (χ4v) is 5.54. The van der Waals surface area contributed by atoms with Crippen molar-refractivity contribution in [3.05, 3.63) is 57.5 Å². The van der Waals surface area contributed by atoms with Crippen molar-refractivity contribution in [1.82, 2.24) is 10.3 Å². The molecule has 3 rings (SSSR count). The Bertz CT molecular complexity index is 847. The van der Waals surface area contributed by atoms with E-state index in [1.807, 2.05) is 13.0 Å². The summed E-state index contributed by atoms with van der Waals surface area (Å²) in [5.41, 5.74) is 8.80.